The predicted octanol–water partition coefficient (Wildman–Crippen LogP) is 3.71. The number of hydrogen-bond donors (Lipinski definition) is 2. The van der Waals surface area contributed by atoms with Crippen molar-refractivity contribution < 1.29 is 5.11 Å². The Hall–Kier alpha value is 0.140. The lowest BCUT2D eigenvalue weighted by atomic mass is 10.0. The molecule has 0 spiro atoms. The number of phenols is 1. The number of hydrogen-bond acceptors (Lipinski definition) is 3. The summed E-state index contributed by atoms with van der Waals surface area (Å²) in [5.74, 6) is 0.291. The summed E-state index contributed by atoms with van der Waals surface area (Å²) in [5.41, 5.74) is 7.97. The van der Waals surface area contributed by atoms with Crippen LogP contribution in [-0.2, 0) is 0 Å². The predicted molar refractivity (Wildman–Crippen MR) is 83.9 cm³/mol. The van der Waals surface area contributed by atoms with Crippen molar-refractivity contribution in [1.82, 2.24) is 0 Å². The highest BCUT2D eigenvalue weighted by Crippen LogP contribution is 2.33. The van der Waals surface area contributed by atoms with Crippen molar-refractivity contribution in [2.45, 2.75) is 6.04 Å². The maximum absolute atomic E-state index is 10.0. The fourth-order valence-electron chi connectivity index (χ4n) is 1.45. The van der Waals surface area contributed by atoms with Crippen LogP contribution in [0.5, 0.6) is 5.75 Å². The number of benzene rings is 1. The topological polar surface area (TPSA) is 46.2 Å². The van der Waals surface area contributed by atoms with Crippen LogP contribution >= 0.6 is 56.5 Å². The maximum atomic E-state index is 10.0. The molecule has 2 nitrogen and oxygen atoms in total. The molecule has 1 atom stereocenters. The summed E-state index contributed by atoms with van der Waals surface area (Å²) in [4.78, 5) is 0. The lowest BCUT2D eigenvalue weighted by Crippen LogP contribution is -2.11. The van der Waals surface area contributed by atoms with Crippen molar-refractivity contribution >= 4 is 56.5 Å². The van der Waals surface area contributed by atoms with Crippen LogP contribution in [-0.4, -0.2) is 5.11 Å². The van der Waals surface area contributed by atoms with Gasteiger partial charge in [0, 0.05) is 9.13 Å². The summed E-state index contributed by atoms with van der Waals surface area (Å²) < 4.78 is 1.92. The van der Waals surface area contributed by atoms with Gasteiger partial charge in [-0.15, -0.1) is 0 Å². The second kappa shape index (κ2) is 5.19. The van der Waals surface area contributed by atoms with Crippen LogP contribution < -0.4 is 5.73 Å². The molecule has 84 valence electrons. The van der Waals surface area contributed by atoms with Gasteiger partial charge in [-0.05, 0) is 79.7 Å². The molecular weight excluding hydrogens is 448 g/mol. The third-order valence-corrected chi connectivity index (χ3v) is 4.44. The minimum absolute atomic E-state index is 0.255. The summed E-state index contributed by atoms with van der Waals surface area (Å²) >= 11 is 5.96. The Morgan fingerprint density at radius 2 is 2.06 bits per heavy atom. The van der Waals surface area contributed by atoms with E-state index in [-0.39, 0.29) is 6.04 Å². The third-order valence-electron chi connectivity index (χ3n) is 2.30. The molecule has 5 heteroatoms. The van der Waals surface area contributed by atoms with Gasteiger partial charge in [-0.2, -0.15) is 11.3 Å². The average molecular weight is 457 g/mol. The van der Waals surface area contributed by atoms with Crippen LogP contribution in [0.2, 0.25) is 0 Å². The number of phenolic OH excluding ortho intramolecular Hbond substituents is 1. The minimum Gasteiger partial charge on any atom is -0.506 e. The van der Waals surface area contributed by atoms with Crippen molar-refractivity contribution in [3.8, 4) is 5.75 Å². The zero-order chi connectivity index (χ0) is 11.7. The number of nitrogens with two attached hydrogens (primary N) is 1. The molecule has 16 heavy (non-hydrogen) atoms. The van der Waals surface area contributed by atoms with Gasteiger partial charge in [-0.1, -0.05) is 0 Å². The Kier molecular flexibility index (Phi) is 4.09. The van der Waals surface area contributed by atoms with E-state index >= 15 is 0 Å². The maximum Gasteiger partial charge on any atom is 0.134 e. The van der Waals surface area contributed by atoms with Crippen molar-refractivity contribution in [2.24, 2.45) is 5.73 Å². The molecule has 3 N–H and O–H groups in total. The lowest BCUT2D eigenvalue weighted by Gasteiger charge is -2.14. The summed E-state index contributed by atoms with van der Waals surface area (Å²) in [6, 6.07) is 5.59. The molecule has 0 radical (unpaired) electrons. The molecule has 0 aliphatic carbocycles. The summed E-state index contributed by atoms with van der Waals surface area (Å²) in [5, 5.41) is 14.0. The molecule has 2 rings (SSSR count). The first kappa shape index (κ1) is 12.6. The first-order valence-corrected chi connectivity index (χ1v) is 7.65. The van der Waals surface area contributed by atoms with E-state index in [0.29, 0.717) is 5.75 Å². The number of halogens is 2. The molecule has 2 aromatic rings. The Balaban J connectivity index is 2.48. The molecule has 1 aromatic carbocycles. The Bertz CT molecular complexity index is 499. The second-order valence-corrected chi connectivity index (χ2v) is 6.55. The van der Waals surface area contributed by atoms with E-state index < -0.39 is 0 Å². The van der Waals surface area contributed by atoms with E-state index in [1.54, 1.807) is 11.3 Å². The average Bonchev–Trinajstić information content (AvgIpc) is 2.75. The van der Waals surface area contributed by atoms with E-state index in [2.05, 4.69) is 45.2 Å². The van der Waals surface area contributed by atoms with Crippen LogP contribution in [0.4, 0.5) is 0 Å². The van der Waals surface area contributed by atoms with Gasteiger partial charge >= 0.3 is 0 Å². The van der Waals surface area contributed by atoms with Crippen molar-refractivity contribution in [2.75, 3.05) is 0 Å². The monoisotopic (exact) mass is 457 g/mol. The highest BCUT2D eigenvalue weighted by Gasteiger charge is 2.16. The van der Waals surface area contributed by atoms with E-state index in [1.165, 1.54) is 0 Å². The summed E-state index contributed by atoms with van der Waals surface area (Å²) in [7, 11) is 0. The van der Waals surface area contributed by atoms with Crippen LogP contribution in [0.1, 0.15) is 17.2 Å². The van der Waals surface area contributed by atoms with Gasteiger partial charge in [0.1, 0.15) is 5.75 Å². The molecule has 0 bridgehead atoms. The number of aromatic hydroxyl groups is 1. The quantitative estimate of drug-likeness (QED) is 0.676. The molecule has 1 heterocycles. The van der Waals surface area contributed by atoms with E-state index in [0.717, 1.165) is 18.3 Å². The van der Waals surface area contributed by atoms with Gasteiger partial charge < -0.3 is 10.8 Å². The molecule has 0 fully saturated rings. The van der Waals surface area contributed by atoms with Crippen molar-refractivity contribution in [1.29, 1.82) is 0 Å². The van der Waals surface area contributed by atoms with Crippen LogP contribution in [0.15, 0.2) is 29.0 Å². The molecule has 0 amide bonds. The SMILES string of the molecule is N[C@H](c1ccsc1)c1cc(I)cc(I)c1O. The standard InChI is InChI=1S/C11H9I2NOS/c12-7-3-8(11(15)9(13)4-7)10(14)6-1-2-16-5-6/h1-5,10,15H,14H2/t10-/m1/s1. The van der Waals surface area contributed by atoms with E-state index in [4.69, 9.17) is 5.73 Å². The highest BCUT2D eigenvalue weighted by molar-refractivity contribution is 14.1. The highest BCUT2D eigenvalue weighted by atomic mass is 127. The van der Waals surface area contributed by atoms with Crippen LogP contribution in [0, 0.1) is 7.14 Å². The normalized spacial score (nSPS) is 12.7. The smallest absolute Gasteiger partial charge is 0.134 e. The lowest BCUT2D eigenvalue weighted by molar-refractivity contribution is 0.461. The zero-order valence-corrected chi connectivity index (χ0v) is 13.3. The van der Waals surface area contributed by atoms with Gasteiger partial charge in [0.05, 0.1) is 9.61 Å². The fraction of sp³-hybridized carbons (Fsp3) is 0.0909. The van der Waals surface area contributed by atoms with Gasteiger partial charge in [-0.3, -0.25) is 0 Å². The van der Waals surface area contributed by atoms with Gasteiger partial charge in [0.15, 0.2) is 0 Å². The molecule has 0 saturated carbocycles. The number of thiophene rings is 1. The fourth-order valence-corrected chi connectivity index (χ4v) is 4.04. The van der Waals surface area contributed by atoms with Crippen molar-refractivity contribution in [3.63, 3.8) is 0 Å². The Morgan fingerprint density at radius 3 is 2.69 bits per heavy atom. The number of rotatable bonds is 2. The van der Waals surface area contributed by atoms with Gasteiger partial charge in [0.25, 0.3) is 0 Å². The minimum atomic E-state index is -0.255. The molecular formula is C11H9I2NOS. The molecule has 0 aliphatic heterocycles. The molecule has 0 saturated heterocycles. The summed E-state index contributed by atoms with van der Waals surface area (Å²) in [6.07, 6.45) is 0. The molecule has 0 aliphatic rings. The Labute approximate surface area is 125 Å². The van der Waals surface area contributed by atoms with Crippen LogP contribution in [0.3, 0.4) is 0 Å². The Morgan fingerprint density at radius 1 is 1.31 bits per heavy atom. The summed E-state index contributed by atoms with van der Waals surface area (Å²) in [6.45, 7) is 0. The van der Waals surface area contributed by atoms with Gasteiger partial charge in [-0.25, -0.2) is 0 Å². The first-order chi connectivity index (χ1) is 7.59. The van der Waals surface area contributed by atoms with Crippen LogP contribution in [0.25, 0.3) is 0 Å². The first-order valence-electron chi connectivity index (χ1n) is 4.55. The third kappa shape index (κ3) is 2.52. The molecule has 1 aromatic heterocycles. The van der Waals surface area contributed by atoms with E-state index in [9.17, 15) is 5.11 Å². The molecule has 0 unspecified atom stereocenters. The van der Waals surface area contributed by atoms with Gasteiger partial charge in [0.2, 0.25) is 0 Å². The zero-order valence-electron chi connectivity index (χ0n) is 8.15. The second-order valence-electron chi connectivity index (χ2n) is 3.36. The van der Waals surface area contributed by atoms with E-state index in [1.807, 2.05) is 29.0 Å². The largest absolute Gasteiger partial charge is 0.506 e. The van der Waals surface area contributed by atoms with Crippen molar-refractivity contribution in [3.05, 3.63) is 47.2 Å².